The monoisotopic (exact) mass is 309 g/mol. The molecule has 1 saturated heterocycles. The molecule has 112 valence electrons. The zero-order valence-electron chi connectivity index (χ0n) is 11.3. The summed E-state index contributed by atoms with van der Waals surface area (Å²) in [6.07, 6.45) is 3.08. The third-order valence-electron chi connectivity index (χ3n) is 3.28. The number of hydrogen-bond acceptors (Lipinski definition) is 5. The van der Waals surface area contributed by atoms with Crippen LogP contribution in [0.1, 0.15) is 0 Å². The average molecular weight is 310 g/mol. The molecule has 1 aliphatic rings. The molecule has 2 aromatic heterocycles. The van der Waals surface area contributed by atoms with Crippen LogP contribution < -0.4 is 21.5 Å². The van der Waals surface area contributed by atoms with Crippen LogP contribution in [-0.4, -0.2) is 40.7 Å². The number of halogens is 1. The number of H-pyrrole nitrogens is 1. The second kappa shape index (κ2) is 6.55. The third kappa shape index (κ3) is 3.32. The number of piperazine rings is 1. The summed E-state index contributed by atoms with van der Waals surface area (Å²) in [6.45, 7) is 3.74. The van der Waals surface area contributed by atoms with E-state index in [4.69, 9.17) is 0 Å². The van der Waals surface area contributed by atoms with Gasteiger partial charge in [0.2, 0.25) is 0 Å². The molecule has 0 saturated carbocycles. The molecule has 0 unspecified atom stereocenters. The lowest BCUT2D eigenvalue weighted by Gasteiger charge is -2.28. The summed E-state index contributed by atoms with van der Waals surface area (Å²) in [4.78, 5) is 31.5. The Balaban J connectivity index is 0.00000161. The van der Waals surface area contributed by atoms with Crippen LogP contribution in [0.15, 0.2) is 40.2 Å². The Morgan fingerprint density at radius 3 is 2.48 bits per heavy atom. The van der Waals surface area contributed by atoms with E-state index in [2.05, 4.69) is 20.2 Å². The van der Waals surface area contributed by atoms with Crippen molar-refractivity contribution >= 4 is 18.2 Å². The van der Waals surface area contributed by atoms with Crippen molar-refractivity contribution in [2.45, 2.75) is 0 Å². The van der Waals surface area contributed by atoms with Crippen molar-refractivity contribution < 1.29 is 0 Å². The van der Waals surface area contributed by atoms with Crippen LogP contribution in [0.5, 0.6) is 0 Å². The van der Waals surface area contributed by atoms with E-state index in [1.165, 1.54) is 16.8 Å². The number of pyridine rings is 1. The molecule has 8 heteroatoms. The maximum Gasteiger partial charge on any atom is 0.332 e. The molecular formula is C13H16ClN5O2. The molecule has 1 aliphatic heterocycles. The first-order valence-electron chi connectivity index (χ1n) is 6.48. The second-order valence-corrected chi connectivity index (χ2v) is 4.59. The lowest BCUT2D eigenvalue weighted by atomic mass is 10.3. The van der Waals surface area contributed by atoms with Gasteiger partial charge in [0.1, 0.15) is 5.82 Å². The number of aromatic nitrogens is 3. The molecule has 0 atom stereocenters. The van der Waals surface area contributed by atoms with Crippen molar-refractivity contribution in [1.82, 2.24) is 19.9 Å². The van der Waals surface area contributed by atoms with E-state index in [0.29, 0.717) is 5.69 Å². The van der Waals surface area contributed by atoms with Crippen molar-refractivity contribution in [2.75, 3.05) is 31.1 Å². The van der Waals surface area contributed by atoms with Crippen LogP contribution in [0.3, 0.4) is 0 Å². The Morgan fingerprint density at radius 2 is 1.86 bits per heavy atom. The van der Waals surface area contributed by atoms with Gasteiger partial charge in [0.15, 0.2) is 0 Å². The molecule has 0 spiro atoms. The number of anilines is 1. The summed E-state index contributed by atoms with van der Waals surface area (Å²) in [5.41, 5.74) is -0.240. The highest BCUT2D eigenvalue weighted by Crippen LogP contribution is 2.13. The minimum Gasteiger partial charge on any atom is -0.354 e. The molecule has 0 radical (unpaired) electrons. The summed E-state index contributed by atoms with van der Waals surface area (Å²) in [6, 6.07) is 5.02. The molecule has 0 bridgehead atoms. The molecular weight excluding hydrogens is 294 g/mol. The van der Waals surface area contributed by atoms with Crippen LogP contribution in [0.4, 0.5) is 5.82 Å². The van der Waals surface area contributed by atoms with Gasteiger partial charge in [-0.3, -0.25) is 14.3 Å². The van der Waals surface area contributed by atoms with E-state index in [0.717, 1.165) is 32.0 Å². The van der Waals surface area contributed by atoms with Gasteiger partial charge in [0.05, 0.1) is 11.9 Å². The fraction of sp³-hybridized carbons (Fsp3) is 0.308. The fourth-order valence-electron chi connectivity index (χ4n) is 2.22. The first-order valence-corrected chi connectivity index (χ1v) is 6.48. The molecule has 3 rings (SSSR count). The molecule has 0 aliphatic carbocycles. The van der Waals surface area contributed by atoms with Gasteiger partial charge in [0, 0.05) is 38.4 Å². The number of aromatic amines is 1. The molecule has 2 aromatic rings. The van der Waals surface area contributed by atoms with Crippen molar-refractivity contribution in [3.63, 3.8) is 0 Å². The molecule has 1 fully saturated rings. The lowest BCUT2D eigenvalue weighted by molar-refractivity contribution is 0.585. The number of nitrogens with one attached hydrogen (secondary N) is 2. The summed E-state index contributed by atoms with van der Waals surface area (Å²) in [5, 5.41) is 3.29. The van der Waals surface area contributed by atoms with Crippen LogP contribution in [0.25, 0.3) is 5.69 Å². The Hall–Kier alpha value is -2.12. The van der Waals surface area contributed by atoms with Crippen molar-refractivity contribution in [2.24, 2.45) is 0 Å². The largest absolute Gasteiger partial charge is 0.354 e. The van der Waals surface area contributed by atoms with Crippen molar-refractivity contribution in [3.05, 3.63) is 51.4 Å². The van der Waals surface area contributed by atoms with Crippen molar-refractivity contribution in [1.29, 1.82) is 0 Å². The third-order valence-corrected chi connectivity index (χ3v) is 3.28. The first-order chi connectivity index (χ1) is 9.74. The van der Waals surface area contributed by atoms with Crippen LogP contribution in [0, 0.1) is 0 Å². The molecule has 0 amide bonds. The van der Waals surface area contributed by atoms with Gasteiger partial charge in [-0.1, -0.05) is 0 Å². The van der Waals surface area contributed by atoms with Gasteiger partial charge in [-0.05, 0) is 12.1 Å². The Labute approximate surface area is 127 Å². The highest BCUT2D eigenvalue weighted by atomic mass is 35.5. The Morgan fingerprint density at radius 1 is 1.10 bits per heavy atom. The standard InChI is InChI=1S/C13H15N5O2.ClH/c19-12-3-6-18(13(20)16-12)10-1-2-11(15-9-10)17-7-4-14-5-8-17;/h1-3,6,9,14H,4-5,7-8H2,(H,16,19,20);1H. The first kappa shape index (κ1) is 15.3. The van der Waals surface area contributed by atoms with Gasteiger partial charge >= 0.3 is 5.69 Å². The lowest BCUT2D eigenvalue weighted by Crippen LogP contribution is -2.43. The molecule has 3 heterocycles. The number of nitrogens with zero attached hydrogens (tertiary/aromatic N) is 3. The van der Waals surface area contributed by atoms with E-state index in [1.54, 1.807) is 6.20 Å². The maximum atomic E-state index is 11.7. The highest BCUT2D eigenvalue weighted by molar-refractivity contribution is 5.85. The zero-order valence-corrected chi connectivity index (χ0v) is 12.1. The van der Waals surface area contributed by atoms with E-state index in [1.807, 2.05) is 12.1 Å². The quantitative estimate of drug-likeness (QED) is 0.799. The maximum absolute atomic E-state index is 11.7. The van der Waals surface area contributed by atoms with E-state index >= 15 is 0 Å². The minimum absolute atomic E-state index is 0. The second-order valence-electron chi connectivity index (χ2n) is 4.59. The SMILES string of the molecule is Cl.O=c1ccn(-c2ccc(N3CCNCC3)nc2)c(=O)[nH]1. The van der Waals surface area contributed by atoms with Gasteiger partial charge in [-0.15, -0.1) is 12.4 Å². The van der Waals surface area contributed by atoms with E-state index in [-0.39, 0.29) is 12.4 Å². The van der Waals surface area contributed by atoms with Crippen molar-refractivity contribution in [3.8, 4) is 5.69 Å². The summed E-state index contributed by atoms with van der Waals surface area (Å²) >= 11 is 0. The topological polar surface area (TPSA) is 83.0 Å². The Bertz CT molecular complexity index is 703. The van der Waals surface area contributed by atoms with Gasteiger partial charge < -0.3 is 10.2 Å². The highest BCUT2D eigenvalue weighted by Gasteiger charge is 2.11. The zero-order chi connectivity index (χ0) is 13.9. The summed E-state index contributed by atoms with van der Waals surface area (Å²) < 4.78 is 1.36. The molecule has 0 aromatic carbocycles. The van der Waals surface area contributed by atoms with E-state index in [9.17, 15) is 9.59 Å². The molecule has 2 N–H and O–H groups in total. The van der Waals surface area contributed by atoms with Gasteiger partial charge in [-0.2, -0.15) is 0 Å². The van der Waals surface area contributed by atoms with Crippen LogP contribution >= 0.6 is 12.4 Å². The normalized spacial score (nSPS) is 14.6. The average Bonchev–Trinajstić information content (AvgIpc) is 2.48. The van der Waals surface area contributed by atoms with Gasteiger partial charge in [0.25, 0.3) is 5.56 Å². The number of hydrogen-bond donors (Lipinski definition) is 2. The Kier molecular flexibility index (Phi) is 4.77. The fourth-order valence-corrected chi connectivity index (χ4v) is 2.22. The molecule has 21 heavy (non-hydrogen) atoms. The predicted octanol–water partition coefficient (Wildman–Crippen LogP) is -0.248. The van der Waals surface area contributed by atoms with Crippen LogP contribution in [-0.2, 0) is 0 Å². The molecule has 7 nitrogen and oxygen atoms in total. The van der Waals surface area contributed by atoms with E-state index < -0.39 is 11.2 Å². The minimum atomic E-state index is -0.464. The van der Waals surface area contributed by atoms with Gasteiger partial charge in [-0.25, -0.2) is 9.78 Å². The smallest absolute Gasteiger partial charge is 0.332 e. The predicted molar refractivity (Wildman–Crippen MR) is 82.8 cm³/mol. The summed E-state index contributed by atoms with van der Waals surface area (Å²) in [5.74, 6) is 0.896. The number of rotatable bonds is 2. The summed E-state index contributed by atoms with van der Waals surface area (Å²) in [7, 11) is 0. The van der Waals surface area contributed by atoms with Crippen LogP contribution in [0.2, 0.25) is 0 Å².